The standard InChI is InChI=1S/C24H23F3N4O2/c25-24(26,27)16-6-8-19-20(12-16)31-22(30-19)14-2-1-3-17(11-14)28-23(33)15-4-7-18-13(10-15)5-9-21(32)29-18/h4,6-8,10,12,14,17H,1-3,5,9,11H2,(H,28,33)(H,29,32)(H,30,31)/t14-,17+/m0/s1. The lowest BCUT2D eigenvalue weighted by Crippen LogP contribution is -2.38. The molecule has 1 aliphatic heterocycles. The van der Waals surface area contributed by atoms with E-state index >= 15 is 0 Å². The molecule has 172 valence electrons. The second-order valence-electron chi connectivity index (χ2n) is 8.81. The van der Waals surface area contributed by atoms with Crippen molar-refractivity contribution in [1.82, 2.24) is 15.3 Å². The molecule has 1 saturated carbocycles. The number of aromatic nitrogens is 2. The van der Waals surface area contributed by atoms with Crippen LogP contribution in [0.3, 0.4) is 0 Å². The third kappa shape index (κ3) is 4.44. The van der Waals surface area contributed by atoms with Crippen molar-refractivity contribution in [3.05, 3.63) is 58.9 Å². The molecule has 0 radical (unpaired) electrons. The Balaban J connectivity index is 1.28. The molecule has 33 heavy (non-hydrogen) atoms. The van der Waals surface area contributed by atoms with Crippen molar-refractivity contribution in [2.75, 3.05) is 5.32 Å². The summed E-state index contributed by atoms with van der Waals surface area (Å²) in [5.41, 5.74) is 2.42. The molecule has 0 bridgehead atoms. The Labute approximate surface area is 188 Å². The number of benzene rings is 2. The molecule has 2 aliphatic rings. The van der Waals surface area contributed by atoms with Crippen LogP contribution >= 0.6 is 0 Å². The van der Waals surface area contributed by atoms with Gasteiger partial charge in [-0.15, -0.1) is 0 Å². The van der Waals surface area contributed by atoms with Gasteiger partial charge in [-0.2, -0.15) is 13.2 Å². The summed E-state index contributed by atoms with van der Waals surface area (Å²) in [5.74, 6) is 0.505. The Morgan fingerprint density at radius 3 is 2.76 bits per heavy atom. The van der Waals surface area contributed by atoms with Crippen molar-refractivity contribution >= 4 is 28.5 Å². The third-order valence-corrected chi connectivity index (χ3v) is 6.49. The Hall–Kier alpha value is -3.36. The largest absolute Gasteiger partial charge is 0.416 e. The Kier molecular flexibility index (Phi) is 5.34. The molecular weight excluding hydrogens is 433 g/mol. The first kappa shape index (κ1) is 21.5. The van der Waals surface area contributed by atoms with Crippen LogP contribution in [0.4, 0.5) is 18.9 Å². The minimum Gasteiger partial charge on any atom is -0.349 e. The summed E-state index contributed by atoms with van der Waals surface area (Å²) in [6.07, 6.45) is -0.143. The van der Waals surface area contributed by atoms with Crippen LogP contribution in [0.1, 0.15) is 65.3 Å². The minimum atomic E-state index is -4.40. The highest BCUT2D eigenvalue weighted by Gasteiger charge is 2.31. The molecule has 2 aromatic carbocycles. The van der Waals surface area contributed by atoms with Crippen LogP contribution in [-0.4, -0.2) is 27.8 Å². The first-order valence-electron chi connectivity index (χ1n) is 11.1. The molecule has 0 unspecified atom stereocenters. The van der Waals surface area contributed by atoms with Crippen LogP contribution in [0, 0.1) is 0 Å². The number of hydrogen-bond donors (Lipinski definition) is 3. The third-order valence-electron chi connectivity index (χ3n) is 6.49. The SMILES string of the molecule is O=C1CCc2cc(C(=O)N[C@@H]3CCC[C@H](c4nc5ccc(C(F)(F)F)cc5[nH]4)C3)ccc2N1. The molecule has 1 aromatic heterocycles. The van der Waals surface area contributed by atoms with Crippen LogP contribution in [0.15, 0.2) is 36.4 Å². The highest BCUT2D eigenvalue weighted by molar-refractivity contribution is 5.98. The van der Waals surface area contributed by atoms with E-state index in [1.54, 1.807) is 12.1 Å². The van der Waals surface area contributed by atoms with Crippen LogP contribution in [0.25, 0.3) is 11.0 Å². The van der Waals surface area contributed by atoms with E-state index in [1.807, 2.05) is 6.07 Å². The van der Waals surface area contributed by atoms with E-state index in [-0.39, 0.29) is 23.8 Å². The van der Waals surface area contributed by atoms with Gasteiger partial charge in [-0.25, -0.2) is 4.98 Å². The molecule has 3 aromatic rings. The van der Waals surface area contributed by atoms with Crippen molar-refractivity contribution in [1.29, 1.82) is 0 Å². The topological polar surface area (TPSA) is 86.9 Å². The van der Waals surface area contributed by atoms with E-state index < -0.39 is 11.7 Å². The van der Waals surface area contributed by atoms with Gasteiger partial charge >= 0.3 is 6.18 Å². The van der Waals surface area contributed by atoms with Crippen LogP contribution in [-0.2, 0) is 17.4 Å². The monoisotopic (exact) mass is 456 g/mol. The lowest BCUT2D eigenvalue weighted by molar-refractivity contribution is -0.137. The van der Waals surface area contributed by atoms with Gasteiger partial charge in [0.1, 0.15) is 5.82 Å². The van der Waals surface area contributed by atoms with Crippen molar-refractivity contribution in [2.24, 2.45) is 0 Å². The fraction of sp³-hybridized carbons (Fsp3) is 0.375. The maximum atomic E-state index is 13.0. The second-order valence-corrected chi connectivity index (χ2v) is 8.81. The predicted molar refractivity (Wildman–Crippen MR) is 117 cm³/mol. The number of alkyl halides is 3. The van der Waals surface area contributed by atoms with Gasteiger partial charge in [0.05, 0.1) is 16.6 Å². The van der Waals surface area contributed by atoms with E-state index in [0.717, 1.165) is 42.6 Å². The number of hydrogen-bond acceptors (Lipinski definition) is 3. The van der Waals surface area contributed by atoms with Gasteiger partial charge in [0, 0.05) is 29.6 Å². The average Bonchev–Trinajstić information content (AvgIpc) is 3.22. The summed E-state index contributed by atoms with van der Waals surface area (Å²) < 4.78 is 39.0. The van der Waals surface area contributed by atoms with Gasteiger partial charge in [-0.3, -0.25) is 9.59 Å². The zero-order valence-electron chi connectivity index (χ0n) is 17.8. The second kappa shape index (κ2) is 8.20. The zero-order chi connectivity index (χ0) is 23.2. The molecule has 0 spiro atoms. The number of carbonyl (C=O) groups excluding carboxylic acids is 2. The molecule has 1 aliphatic carbocycles. The number of anilines is 1. The molecule has 9 heteroatoms. The average molecular weight is 456 g/mol. The van der Waals surface area contributed by atoms with Gasteiger partial charge in [0.25, 0.3) is 5.91 Å². The minimum absolute atomic E-state index is 0.0202. The summed E-state index contributed by atoms with van der Waals surface area (Å²) in [4.78, 5) is 32.0. The van der Waals surface area contributed by atoms with E-state index in [9.17, 15) is 22.8 Å². The fourth-order valence-electron chi connectivity index (χ4n) is 4.76. The lowest BCUT2D eigenvalue weighted by Gasteiger charge is -2.29. The number of nitrogens with one attached hydrogen (secondary N) is 3. The number of nitrogens with zero attached hydrogens (tertiary/aromatic N) is 1. The molecule has 2 heterocycles. The molecule has 0 saturated heterocycles. The number of H-pyrrole nitrogens is 1. The van der Waals surface area contributed by atoms with Gasteiger partial charge in [0.15, 0.2) is 0 Å². The summed E-state index contributed by atoms with van der Waals surface area (Å²) in [7, 11) is 0. The van der Waals surface area contributed by atoms with Crippen LogP contribution in [0.5, 0.6) is 0 Å². The summed E-state index contributed by atoms with van der Waals surface area (Å²) in [6, 6.07) is 8.76. The van der Waals surface area contributed by atoms with E-state index in [2.05, 4.69) is 20.6 Å². The molecule has 1 fully saturated rings. The molecule has 6 nitrogen and oxygen atoms in total. The normalized spacial score (nSPS) is 20.9. The van der Waals surface area contributed by atoms with E-state index in [1.165, 1.54) is 6.07 Å². The summed E-state index contributed by atoms with van der Waals surface area (Å²) in [5, 5.41) is 5.91. The van der Waals surface area contributed by atoms with E-state index in [4.69, 9.17) is 0 Å². The highest BCUT2D eigenvalue weighted by Crippen LogP contribution is 2.35. The maximum absolute atomic E-state index is 13.0. The Bertz CT molecular complexity index is 1230. The maximum Gasteiger partial charge on any atom is 0.416 e. The van der Waals surface area contributed by atoms with Crippen molar-refractivity contribution in [2.45, 2.75) is 56.7 Å². The Morgan fingerprint density at radius 2 is 1.94 bits per heavy atom. The van der Waals surface area contributed by atoms with Gasteiger partial charge < -0.3 is 15.6 Å². The van der Waals surface area contributed by atoms with Crippen molar-refractivity contribution in [3.63, 3.8) is 0 Å². The Morgan fingerprint density at radius 1 is 1.09 bits per heavy atom. The number of aryl methyl sites for hydroxylation is 1. The zero-order valence-corrected chi connectivity index (χ0v) is 17.8. The number of halogens is 3. The quantitative estimate of drug-likeness (QED) is 0.523. The summed E-state index contributed by atoms with van der Waals surface area (Å²) in [6.45, 7) is 0. The van der Waals surface area contributed by atoms with E-state index in [0.29, 0.717) is 41.7 Å². The predicted octanol–water partition coefficient (Wildman–Crippen LogP) is 4.92. The number of imidazole rings is 1. The number of fused-ring (bicyclic) bond motifs is 2. The first-order chi connectivity index (χ1) is 15.8. The first-order valence-corrected chi connectivity index (χ1v) is 11.1. The smallest absolute Gasteiger partial charge is 0.349 e. The van der Waals surface area contributed by atoms with Gasteiger partial charge in [0.2, 0.25) is 5.91 Å². The molecule has 5 rings (SSSR count). The summed E-state index contributed by atoms with van der Waals surface area (Å²) >= 11 is 0. The fourth-order valence-corrected chi connectivity index (χ4v) is 4.76. The number of amides is 2. The van der Waals surface area contributed by atoms with Gasteiger partial charge in [-0.05, 0) is 67.6 Å². The van der Waals surface area contributed by atoms with Crippen molar-refractivity contribution < 1.29 is 22.8 Å². The highest BCUT2D eigenvalue weighted by atomic mass is 19.4. The number of aromatic amines is 1. The number of rotatable bonds is 3. The lowest BCUT2D eigenvalue weighted by atomic mass is 9.85. The molecule has 2 atom stereocenters. The van der Waals surface area contributed by atoms with Gasteiger partial charge in [-0.1, -0.05) is 6.42 Å². The molecular formula is C24H23F3N4O2. The molecule has 2 amide bonds. The van der Waals surface area contributed by atoms with Crippen LogP contribution < -0.4 is 10.6 Å². The van der Waals surface area contributed by atoms with Crippen molar-refractivity contribution in [3.8, 4) is 0 Å². The number of carbonyl (C=O) groups is 2. The van der Waals surface area contributed by atoms with Crippen LogP contribution in [0.2, 0.25) is 0 Å². The molecule has 3 N–H and O–H groups in total.